The molecule has 7 N–H and O–H groups in total. The molecule has 0 aliphatic heterocycles. The van der Waals surface area contributed by atoms with E-state index in [-0.39, 0.29) is 17.6 Å². The van der Waals surface area contributed by atoms with Gasteiger partial charge in [-0.1, -0.05) is 18.2 Å². The van der Waals surface area contributed by atoms with Crippen LogP contribution < -0.4 is 36.6 Å². The molecule has 340 valence electrons. The average Bonchev–Trinajstić information content (AvgIpc) is 3.93. The predicted octanol–water partition coefficient (Wildman–Crippen LogP) is 11.9. The summed E-state index contributed by atoms with van der Waals surface area (Å²) in [5.41, 5.74) is 2.59. The van der Waals surface area contributed by atoms with Gasteiger partial charge in [0, 0.05) is 40.2 Å². The SMILES string of the molecule is CC(C)(C)OC(=O)Nc1ccc(NC(=O)c2cc(Br)co2)cc1.CC(C)(C)OC(=O)Nc1ccc(NC(=O)c2ccoc2)cc1.O=C(O)Nc1ccc(NC(=O)Oc2ccccc2)cc1. The van der Waals surface area contributed by atoms with Gasteiger partial charge in [0.05, 0.1) is 16.3 Å². The lowest BCUT2D eigenvalue weighted by molar-refractivity contribution is 0.0624. The number of hydrogen-bond donors (Lipinski definition) is 7. The summed E-state index contributed by atoms with van der Waals surface area (Å²) in [6.07, 6.45) is 1.42. The number of halogens is 1. The van der Waals surface area contributed by atoms with E-state index in [1.807, 2.05) is 6.07 Å². The van der Waals surface area contributed by atoms with Crippen molar-refractivity contribution in [2.45, 2.75) is 52.7 Å². The monoisotopic (exact) mass is 954 g/mol. The second kappa shape index (κ2) is 23.4. The quantitative estimate of drug-likeness (QED) is 0.0715. The van der Waals surface area contributed by atoms with Crippen LogP contribution in [0.3, 0.4) is 0 Å². The Morgan fingerprint density at radius 2 is 0.938 bits per heavy atom. The van der Waals surface area contributed by atoms with Crippen molar-refractivity contribution < 1.29 is 56.9 Å². The molecule has 0 fully saturated rings. The number of carboxylic acid groups (broad SMARTS) is 1. The topological polar surface area (TPSA) is 249 Å². The van der Waals surface area contributed by atoms with Crippen LogP contribution in [-0.4, -0.2) is 52.5 Å². The number of hydrogen-bond acceptors (Lipinski definition) is 11. The Labute approximate surface area is 382 Å². The van der Waals surface area contributed by atoms with E-state index in [1.54, 1.807) is 139 Å². The zero-order valence-electron chi connectivity index (χ0n) is 36.0. The van der Waals surface area contributed by atoms with Crippen molar-refractivity contribution >= 4 is 86.2 Å². The minimum atomic E-state index is -1.14. The number of nitrogens with one attached hydrogen (secondary N) is 6. The highest BCUT2D eigenvalue weighted by Crippen LogP contribution is 2.20. The highest BCUT2D eigenvalue weighted by molar-refractivity contribution is 9.10. The molecule has 0 bridgehead atoms. The van der Waals surface area contributed by atoms with Gasteiger partial charge in [0.2, 0.25) is 0 Å². The van der Waals surface area contributed by atoms with Gasteiger partial charge in [-0.25, -0.2) is 19.2 Å². The van der Waals surface area contributed by atoms with Crippen molar-refractivity contribution in [2.75, 3.05) is 31.9 Å². The largest absolute Gasteiger partial charge is 0.472 e. The first-order valence-corrected chi connectivity index (χ1v) is 20.2. The van der Waals surface area contributed by atoms with Crippen molar-refractivity contribution in [3.63, 3.8) is 0 Å². The van der Waals surface area contributed by atoms with Gasteiger partial charge in [0.1, 0.15) is 29.5 Å². The third-order valence-electron chi connectivity index (χ3n) is 7.49. The molecule has 19 heteroatoms. The molecule has 0 saturated heterocycles. The van der Waals surface area contributed by atoms with E-state index in [4.69, 9.17) is 28.2 Å². The van der Waals surface area contributed by atoms with Crippen molar-refractivity contribution in [1.82, 2.24) is 0 Å². The van der Waals surface area contributed by atoms with Crippen LogP contribution in [-0.2, 0) is 9.47 Å². The summed E-state index contributed by atoms with van der Waals surface area (Å²) in [5.74, 6) is 0.0205. The van der Waals surface area contributed by atoms with Crippen molar-refractivity contribution in [3.05, 3.63) is 150 Å². The molecule has 6 aromatic rings. The van der Waals surface area contributed by atoms with Crippen LogP contribution in [0.15, 0.2) is 147 Å². The van der Waals surface area contributed by atoms with E-state index < -0.39 is 35.6 Å². The Hall–Kier alpha value is -8.06. The maximum absolute atomic E-state index is 11.9. The van der Waals surface area contributed by atoms with Gasteiger partial charge < -0.3 is 38.8 Å². The lowest BCUT2D eigenvalue weighted by Gasteiger charge is -2.19. The fraction of sp³-hybridized carbons (Fsp3) is 0.174. The minimum Gasteiger partial charge on any atom is -0.472 e. The normalized spacial score (nSPS) is 10.5. The number of anilines is 6. The molecule has 6 amide bonds. The molecule has 2 aromatic heterocycles. The van der Waals surface area contributed by atoms with Gasteiger partial charge in [-0.15, -0.1) is 0 Å². The fourth-order valence-corrected chi connectivity index (χ4v) is 5.14. The number of furan rings is 2. The van der Waals surface area contributed by atoms with Crippen molar-refractivity contribution in [2.24, 2.45) is 0 Å². The molecular formula is C46H47BrN6O12. The Morgan fingerprint density at radius 3 is 1.32 bits per heavy atom. The number of amides is 6. The van der Waals surface area contributed by atoms with E-state index >= 15 is 0 Å². The highest BCUT2D eigenvalue weighted by Gasteiger charge is 2.18. The highest BCUT2D eigenvalue weighted by atomic mass is 79.9. The fourth-order valence-electron chi connectivity index (χ4n) is 4.84. The maximum Gasteiger partial charge on any atom is 0.417 e. The molecule has 0 saturated carbocycles. The molecule has 65 heavy (non-hydrogen) atoms. The van der Waals surface area contributed by atoms with Crippen LogP contribution in [0.5, 0.6) is 5.75 Å². The standard InChI is InChI=1S/C16H17BrN2O4.C16H18N2O4.C14H12N2O4/c1-16(2,3)23-15(21)19-12-6-4-11(5-7-12)18-14(20)13-8-10(17)9-22-13;1-16(2,3)22-15(20)18-13-6-4-12(5-7-13)17-14(19)11-8-9-21-10-11;17-13(18)15-10-6-8-11(9-7-10)16-14(19)20-12-4-2-1-3-5-12/h4-9H,1-3H3,(H,18,20)(H,19,21);4-10H,1-3H3,(H,17,19)(H,18,20);1-9,15H,(H,16,19)(H,17,18). The van der Waals surface area contributed by atoms with Crippen molar-refractivity contribution in [1.29, 1.82) is 0 Å². The zero-order valence-corrected chi connectivity index (χ0v) is 37.6. The van der Waals surface area contributed by atoms with Crippen LogP contribution >= 0.6 is 15.9 Å². The molecule has 0 atom stereocenters. The summed E-state index contributed by atoms with van der Waals surface area (Å²) < 4.78 is 26.0. The summed E-state index contributed by atoms with van der Waals surface area (Å²) in [4.78, 5) is 69.1. The van der Waals surface area contributed by atoms with Crippen LogP contribution in [0.4, 0.5) is 53.3 Å². The first-order valence-electron chi connectivity index (χ1n) is 19.4. The second-order valence-corrected chi connectivity index (χ2v) is 16.2. The summed E-state index contributed by atoms with van der Waals surface area (Å²) in [6.45, 7) is 10.7. The van der Waals surface area contributed by atoms with Crippen LogP contribution in [0.25, 0.3) is 0 Å². The Balaban J connectivity index is 0.000000214. The molecule has 0 radical (unpaired) electrons. The summed E-state index contributed by atoms with van der Waals surface area (Å²) in [7, 11) is 0. The van der Waals surface area contributed by atoms with Gasteiger partial charge in [-0.3, -0.25) is 30.9 Å². The third kappa shape index (κ3) is 19.3. The first-order chi connectivity index (χ1) is 30.7. The van der Waals surface area contributed by atoms with E-state index in [0.29, 0.717) is 49.9 Å². The Morgan fingerprint density at radius 1 is 0.523 bits per heavy atom. The predicted molar refractivity (Wildman–Crippen MR) is 248 cm³/mol. The van der Waals surface area contributed by atoms with Gasteiger partial charge in [0.25, 0.3) is 11.8 Å². The number of carbonyl (C=O) groups is 6. The maximum atomic E-state index is 11.9. The number of ether oxygens (including phenoxy) is 3. The number of para-hydroxylation sites is 1. The number of rotatable bonds is 9. The van der Waals surface area contributed by atoms with E-state index in [2.05, 4.69) is 47.8 Å². The average molecular weight is 956 g/mol. The van der Waals surface area contributed by atoms with E-state index in [1.165, 1.54) is 30.9 Å². The number of benzene rings is 4. The van der Waals surface area contributed by atoms with Gasteiger partial charge in [-0.05, 0) is 148 Å². The first kappa shape index (κ1) is 49.6. The molecule has 2 heterocycles. The number of carbonyl (C=O) groups excluding carboxylic acids is 5. The second-order valence-electron chi connectivity index (χ2n) is 15.3. The van der Waals surface area contributed by atoms with Crippen LogP contribution in [0.2, 0.25) is 0 Å². The van der Waals surface area contributed by atoms with Gasteiger partial charge >= 0.3 is 24.4 Å². The van der Waals surface area contributed by atoms with Crippen LogP contribution in [0.1, 0.15) is 62.5 Å². The minimum absolute atomic E-state index is 0.202. The lowest BCUT2D eigenvalue weighted by Crippen LogP contribution is -2.27. The summed E-state index contributed by atoms with van der Waals surface area (Å²) >= 11 is 3.21. The molecule has 4 aromatic carbocycles. The van der Waals surface area contributed by atoms with Gasteiger partial charge in [0.15, 0.2) is 5.76 Å². The lowest BCUT2D eigenvalue weighted by atomic mass is 10.2. The molecule has 0 aliphatic rings. The summed E-state index contributed by atoms with van der Waals surface area (Å²) in [6, 6.07) is 31.4. The molecule has 0 aliphatic carbocycles. The summed E-state index contributed by atoms with van der Waals surface area (Å²) in [5, 5.41) is 23.9. The molecular weight excluding hydrogens is 908 g/mol. The smallest absolute Gasteiger partial charge is 0.417 e. The molecule has 0 unspecified atom stereocenters. The third-order valence-corrected chi connectivity index (χ3v) is 7.90. The van der Waals surface area contributed by atoms with E-state index in [9.17, 15) is 28.8 Å². The van der Waals surface area contributed by atoms with Crippen molar-refractivity contribution in [3.8, 4) is 5.75 Å². The Bertz CT molecular complexity index is 2500. The van der Waals surface area contributed by atoms with Gasteiger partial charge in [-0.2, -0.15) is 0 Å². The molecule has 0 spiro atoms. The molecule has 18 nitrogen and oxygen atoms in total. The van der Waals surface area contributed by atoms with Crippen LogP contribution in [0, 0.1) is 0 Å². The Kier molecular flexibility index (Phi) is 17.9. The van der Waals surface area contributed by atoms with E-state index in [0.717, 1.165) is 0 Å². The zero-order chi connectivity index (χ0) is 47.6. The molecule has 6 rings (SSSR count).